The molecule has 0 atom stereocenters. The standard InChI is InChI=1S/C13H14Cl2N2/c1-9(2)13-10(7-14)8-16-17(13)12-6-4-3-5-11(12)15/h3-6,8-9H,7H2,1-2H3. The van der Waals surface area contributed by atoms with E-state index in [1.54, 1.807) is 0 Å². The van der Waals surface area contributed by atoms with Gasteiger partial charge >= 0.3 is 0 Å². The van der Waals surface area contributed by atoms with Crippen LogP contribution in [-0.4, -0.2) is 9.78 Å². The third-order valence-electron chi connectivity index (χ3n) is 2.66. The molecule has 0 unspecified atom stereocenters. The molecule has 0 amide bonds. The molecule has 2 rings (SSSR count). The molecule has 0 saturated carbocycles. The highest BCUT2D eigenvalue weighted by Gasteiger charge is 2.16. The first-order chi connectivity index (χ1) is 8.15. The number of hydrogen-bond donors (Lipinski definition) is 0. The molecule has 17 heavy (non-hydrogen) atoms. The van der Waals surface area contributed by atoms with Crippen LogP contribution >= 0.6 is 23.2 Å². The van der Waals surface area contributed by atoms with Crippen molar-refractivity contribution in [3.05, 3.63) is 46.7 Å². The molecule has 0 bridgehead atoms. The Balaban J connectivity index is 2.60. The summed E-state index contributed by atoms with van der Waals surface area (Å²) in [6.07, 6.45) is 1.81. The normalized spacial score (nSPS) is 11.1. The molecule has 0 aliphatic rings. The van der Waals surface area contributed by atoms with E-state index in [1.165, 1.54) is 0 Å². The summed E-state index contributed by atoms with van der Waals surface area (Å²) < 4.78 is 1.88. The lowest BCUT2D eigenvalue weighted by Gasteiger charge is -2.13. The van der Waals surface area contributed by atoms with Gasteiger partial charge in [-0.2, -0.15) is 5.10 Å². The molecular formula is C13H14Cl2N2. The van der Waals surface area contributed by atoms with Crippen LogP contribution in [0.5, 0.6) is 0 Å². The lowest BCUT2D eigenvalue weighted by molar-refractivity contribution is 0.729. The van der Waals surface area contributed by atoms with Gasteiger partial charge in [0, 0.05) is 5.56 Å². The summed E-state index contributed by atoms with van der Waals surface area (Å²) in [7, 11) is 0. The molecule has 0 fully saturated rings. The number of para-hydroxylation sites is 1. The number of benzene rings is 1. The molecule has 1 heterocycles. The van der Waals surface area contributed by atoms with Crippen LogP contribution in [0.2, 0.25) is 5.02 Å². The topological polar surface area (TPSA) is 17.8 Å². The Kier molecular flexibility index (Phi) is 3.75. The summed E-state index contributed by atoms with van der Waals surface area (Å²) in [6, 6.07) is 7.68. The van der Waals surface area contributed by atoms with E-state index >= 15 is 0 Å². The summed E-state index contributed by atoms with van der Waals surface area (Å²) >= 11 is 12.1. The monoisotopic (exact) mass is 268 g/mol. The van der Waals surface area contributed by atoms with Gasteiger partial charge in [-0.3, -0.25) is 0 Å². The van der Waals surface area contributed by atoms with Gasteiger partial charge in [0.25, 0.3) is 0 Å². The Hall–Kier alpha value is -0.990. The third kappa shape index (κ3) is 2.33. The van der Waals surface area contributed by atoms with Crippen LogP contribution in [0, 0.1) is 0 Å². The van der Waals surface area contributed by atoms with Crippen molar-refractivity contribution in [3.8, 4) is 5.69 Å². The number of aromatic nitrogens is 2. The summed E-state index contributed by atoms with van der Waals surface area (Å²) in [5.41, 5.74) is 3.07. The zero-order valence-corrected chi connectivity index (χ0v) is 11.3. The summed E-state index contributed by atoms with van der Waals surface area (Å²) in [5, 5.41) is 5.08. The Morgan fingerprint density at radius 2 is 2.00 bits per heavy atom. The molecular weight excluding hydrogens is 255 g/mol. The first-order valence-electron chi connectivity index (χ1n) is 5.52. The molecule has 1 aromatic carbocycles. The zero-order chi connectivity index (χ0) is 12.4. The lowest BCUT2D eigenvalue weighted by Crippen LogP contribution is -2.05. The van der Waals surface area contributed by atoms with E-state index < -0.39 is 0 Å². The molecule has 1 aromatic heterocycles. The van der Waals surface area contributed by atoms with Crippen molar-refractivity contribution in [2.24, 2.45) is 0 Å². The minimum Gasteiger partial charge on any atom is -0.236 e. The van der Waals surface area contributed by atoms with E-state index in [1.807, 2.05) is 35.1 Å². The molecule has 2 aromatic rings. The highest BCUT2D eigenvalue weighted by molar-refractivity contribution is 6.32. The highest BCUT2D eigenvalue weighted by Crippen LogP contribution is 2.27. The molecule has 0 saturated heterocycles. The predicted octanol–water partition coefficient (Wildman–Crippen LogP) is 4.39. The fourth-order valence-electron chi connectivity index (χ4n) is 1.93. The van der Waals surface area contributed by atoms with Crippen LogP contribution in [0.15, 0.2) is 30.5 Å². The predicted molar refractivity (Wildman–Crippen MR) is 72.2 cm³/mol. The van der Waals surface area contributed by atoms with Crippen molar-refractivity contribution in [3.63, 3.8) is 0 Å². The quantitative estimate of drug-likeness (QED) is 0.756. The second kappa shape index (κ2) is 5.11. The van der Waals surface area contributed by atoms with Crippen LogP contribution in [0.1, 0.15) is 31.0 Å². The molecule has 4 heteroatoms. The van der Waals surface area contributed by atoms with Crippen LogP contribution in [-0.2, 0) is 5.88 Å². The second-order valence-electron chi connectivity index (χ2n) is 4.21. The number of halogens is 2. The molecule has 0 N–H and O–H groups in total. The minimum atomic E-state index is 0.350. The van der Waals surface area contributed by atoms with Crippen LogP contribution in [0.4, 0.5) is 0 Å². The lowest BCUT2D eigenvalue weighted by atomic mass is 10.1. The van der Waals surface area contributed by atoms with E-state index in [2.05, 4.69) is 18.9 Å². The molecule has 0 radical (unpaired) electrons. The van der Waals surface area contributed by atoms with Crippen LogP contribution in [0.25, 0.3) is 5.69 Å². The first-order valence-corrected chi connectivity index (χ1v) is 6.44. The maximum absolute atomic E-state index is 6.19. The Morgan fingerprint density at radius 3 is 2.59 bits per heavy atom. The highest BCUT2D eigenvalue weighted by atomic mass is 35.5. The summed E-state index contributed by atoms with van der Waals surface area (Å²) in [4.78, 5) is 0. The Bertz CT molecular complexity index is 518. The van der Waals surface area contributed by atoms with Gasteiger partial charge in [-0.05, 0) is 18.1 Å². The van der Waals surface area contributed by atoms with Gasteiger partial charge in [0.2, 0.25) is 0 Å². The van der Waals surface area contributed by atoms with Gasteiger partial charge in [-0.15, -0.1) is 11.6 Å². The molecule has 90 valence electrons. The van der Waals surface area contributed by atoms with E-state index in [4.69, 9.17) is 23.2 Å². The summed E-state index contributed by atoms with van der Waals surface area (Å²) in [5.74, 6) is 0.820. The van der Waals surface area contributed by atoms with Gasteiger partial charge in [0.15, 0.2) is 0 Å². The summed E-state index contributed by atoms with van der Waals surface area (Å²) in [6.45, 7) is 4.25. The van der Waals surface area contributed by atoms with Gasteiger partial charge in [0.05, 0.1) is 28.5 Å². The minimum absolute atomic E-state index is 0.350. The van der Waals surface area contributed by atoms with Crippen molar-refractivity contribution < 1.29 is 0 Å². The molecule has 0 aliphatic heterocycles. The van der Waals surface area contributed by atoms with Crippen molar-refractivity contribution in [1.82, 2.24) is 9.78 Å². The van der Waals surface area contributed by atoms with Crippen LogP contribution < -0.4 is 0 Å². The van der Waals surface area contributed by atoms with Gasteiger partial charge < -0.3 is 0 Å². The maximum Gasteiger partial charge on any atom is 0.0835 e. The first kappa shape index (κ1) is 12.5. The maximum atomic E-state index is 6.19. The number of hydrogen-bond acceptors (Lipinski definition) is 1. The number of nitrogens with zero attached hydrogens (tertiary/aromatic N) is 2. The van der Waals surface area contributed by atoms with E-state index in [0.29, 0.717) is 16.8 Å². The number of rotatable bonds is 3. The Morgan fingerprint density at radius 1 is 1.29 bits per heavy atom. The largest absolute Gasteiger partial charge is 0.236 e. The van der Waals surface area contributed by atoms with Crippen molar-refractivity contribution in [2.75, 3.05) is 0 Å². The molecule has 2 nitrogen and oxygen atoms in total. The smallest absolute Gasteiger partial charge is 0.0835 e. The fraction of sp³-hybridized carbons (Fsp3) is 0.308. The average molecular weight is 269 g/mol. The van der Waals surface area contributed by atoms with Crippen molar-refractivity contribution in [2.45, 2.75) is 25.6 Å². The van der Waals surface area contributed by atoms with E-state index in [0.717, 1.165) is 16.9 Å². The second-order valence-corrected chi connectivity index (χ2v) is 4.88. The van der Waals surface area contributed by atoms with Crippen molar-refractivity contribution in [1.29, 1.82) is 0 Å². The van der Waals surface area contributed by atoms with E-state index in [9.17, 15) is 0 Å². The van der Waals surface area contributed by atoms with Gasteiger partial charge in [-0.1, -0.05) is 37.6 Å². The zero-order valence-electron chi connectivity index (χ0n) is 9.82. The average Bonchev–Trinajstić information content (AvgIpc) is 2.73. The van der Waals surface area contributed by atoms with Gasteiger partial charge in [0.1, 0.15) is 0 Å². The fourth-order valence-corrected chi connectivity index (χ4v) is 2.35. The SMILES string of the molecule is CC(C)c1c(CCl)cnn1-c1ccccc1Cl. The van der Waals surface area contributed by atoms with Gasteiger partial charge in [-0.25, -0.2) is 4.68 Å². The molecule has 0 aliphatic carbocycles. The molecule has 0 spiro atoms. The number of alkyl halides is 1. The Labute approximate surface area is 111 Å². The third-order valence-corrected chi connectivity index (χ3v) is 3.27. The van der Waals surface area contributed by atoms with Crippen molar-refractivity contribution >= 4 is 23.2 Å². The van der Waals surface area contributed by atoms with Crippen LogP contribution in [0.3, 0.4) is 0 Å². The van der Waals surface area contributed by atoms with E-state index in [-0.39, 0.29) is 0 Å².